The third-order valence-corrected chi connectivity index (χ3v) is 4.71. The molecule has 0 aliphatic carbocycles. The molecule has 3 rings (SSSR count). The van der Waals surface area contributed by atoms with E-state index in [1.54, 1.807) is 17.4 Å². The molecule has 0 bridgehead atoms. The highest BCUT2D eigenvalue weighted by Gasteiger charge is 2.07. The molecular weight excluding hydrogens is 308 g/mol. The summed E-state index contributed by atoms with van der Waals surface area (Å²) >= 11 is 1.54. The molecule has 1 aromatic heterocycles. The van der Waals surface area contributed by atoms with Gasteiger partial charge in [-0.2, -0.15) is 0 Å². The Balaban J connectivity index is 1.88. The lowest BCUT2D eigenvalue weighted by molar-refractivity contribution is 0.0953. The van der Waals surface area contributed by atoms with Gasteiger partial charge in [0, 0.05) is 32.4 Å². The molecule has 6 heteroatoms. The standard InChI is InChI=1S/C17H18N4OS/c1-20(2)13-8-6-7-12(11-13)16(22)18-19-17-21(3)14-9-4-5-10-15(14)23-17/h4-11H,1-3H3,(H,18,22)/b19-17+. The van der Waals surface area contributed by atoms with Crippen LogP contribution in [0.5, 0.6) is 0 Å². The number of rotatable bonds is 3. The van der Waals surface area contributed by atoms with Crippen LogP contribution < -0.4 is 15.1 Å². The molecule has 3 aromatic rings. The summed E-state index contributed by atoms with van der Waals surface area (Å²) in [6, 6.07) is 15.5. The minimum atomic E-state index is -0.217. The highest BCUT2D eigenvalue weighted by molar-refractivity contribution is 7.16. The molecule has 0 radical (unpaired) electrons. The predicted molar refractivity (Wildman–Crippen MR) is 94.6 cm³/mol. The van der Waals surface area contributed by atoms with Gasteiger partial charge in [-0.3, -0.25) is 4.79 Å². The van der Waals surface area contributed by atoms with Crippen LogP contribution in [-0.4, -0.2) is 24.6 Å². The fourth-order valence-corrected chi connectivity index (χ4v) is 3.26. The lowest BCUT2D eigenvalue weighted by Gasteiger charge is -2.12. The molecular formula is C17H18N4OS. The molecule has 23 heavy (non-hydrogen) atoms. The summed E-state index contributed by atoms with van der Waals surface area (Å²) in [5, 5.41) is 4.26. The summed E-state index contributed by atoms with van der Waals surface area (Å²) in [5.41, 5.74) is 5.30. The molecule has 0 unspecified atom stereocenters. The van der Waals surface area contributed by atoms with Crippen LogP contribution in [0.25, 0.3) is 10.2 Å². The predicted octanol–water partition coefficient (Wildman–Crippen LogP) is 2.55. The van der Waals surface area contributed by atoms with Crippen LogP contribution in [0.3, 0.4) is 0 Å². The molecule has 0 aliphatic heterocycles. The van der Waals surface area contributed by atoms with Crippen molar-refractivity contribution in [3.05, 3.63) is 58.9 Å². The Morgan fingerprint density at radius 1 is 1.17 bits per heavy atom. The van der Waals surface area contributed by atoms with Crippen molar-refractivity contribution in [1.82, 2.24) is 9.99 Å². The minimum absolute atomic E-state index is 0.217. The monoisotopic (exact) mass is 326 g/mol. The van der Waals surface area contributed by atoms with E-state index in [9.17, 15) is 4.79 Å². The van der Waals surface area contributed by atoms with Gasteiger partial charge in [0.1, 0.15) is 0 Å². The molecule has 2 aromatic carbocycles. The van der Waals surface area contributed by atoms with Crippen LogP contribution in [-0.2, 0) is 7.05 Å². The number of thiazole rings is 1. The SMILES string of the molecule is CN(C)c1cccc(C(=O)N/N=c2/sc3ccccc3n2C)c1. The van der Waals surface area contributed by atoms with E-state index < -0.39 is 0 Å². The van der Waals surface area contributed by atoms with Crippen LogP contribution in [0.1, 0.15) is 10.4 Å². The minimum Gasteiger partial charge on any atom is -0.378 e. The lowest BCUT2D eigenvalue weighted by Crippen LogP contribution is -2.23. The van der Waals surface area contributed by atoms with Crippen molar-refractivity contribution in [3.63, 3.8) is 0 Å². The van der Waals surface area contributed by atoms with Crippen molar-refractivity contribution in [2.75, 3.05) is 19.0 Å². The molecule has 0 aliphatic rings. The van der Waals surface area contributed by atoms with E-state index in [1.807, 2.05) is 73.1 Å². The first kappa shape index (κ1) is 15.3. The first-order chi connectivity index (χ1) is 11.1. The van der Waals surface area contributed by atoms with Crippen LogP contribution in [0.15, 0.2) is 53.6 Å². The summed E-state index contributed by atoms with van der Waals surface area (Å²) in [6.45, 7) is 0. The second-order valence-corrected chi connectivity index (χ2v) is 6.42. The maximum atomic E-state index is 12.3. The van der Waals surface area contributed by atoms with Crippen molar-refractivity contribution in [2.24, 2.45) is 12.1 Å². The van der Waals surface area contributed by atoms with Crippen molar-refractivity contribution < 1.29 is 4.79 Å². The van der Waals surface area contributed by atoms with Gasteiger partial charge < -0.3 is 9.47 Å². The normalized spacial score (nSPS) is 11.7. The summed E-state index contributed by atoms with van der Waals surface area (Å²) in [4.78, 5) is 15.0. The number of carbonyl (C=O) groups is 1. The smallest absolute Gasteiger partial charge is 0.271 e. The first-order valence-corrected chi connectivity index (χ1v) is 8.04. The largest absolute Gasteiger partial charge is 0.378 e. The number of aryl methyl sites for hydroxylation is 1. The van der Waals surface area contributed by atoms with Gasteiger partial charge in [-0.25, -0.2) is 5.43 Å². The van der Waals surface area contributed by atoms with E-state index in [4.69, 9.17) is 0 Å². The third-order valence-electron chi connectivity index (χ3n) is 3.59. The molecule has 0 spiro atoms. The average molecular weight is 326 g/mol. The van der Waals surface area contributed by atoms with Gasteiger partial charge in [0.05, 0.1) is 10.2 Å². The lowest BCUT2D eigenvalue weighted by atomic mass is 10.2. The van der Waals surface area contributed by atoms with Gasteiger partial charge in [-0.15, -0.1) is 5.10 Å². The van der Waals surface area contributed by atoms with E-state index in [-0.39, 0.29) is 5.91 Å². The van der Waals surface area contributed by atoms with Gasteiger partial charge >= 0.3 is 0 Å². The van der Waals surface area contributed by atoms with Gasteiger partial charge in [-0.1, -0.05) is 29.5 Å². The van der Waals surface area contributed by atoms with E-state index in [2.05, 4.69) is 10.5 Å². The van der Waals surface area contributed by atoms with Crippen molar-refractivity contribution in [2.45, 2.75) is 0 Å². The van der Waals surface area contributed by atoms with Crippen molar-refractivity contribution >= 4 is 33.1 Å². The number of fused-ring (bicyclic) bond motifs is 1. The molecule has 1 amide bonds. The zero-order valence-electron chi connectivity index (χ0n) is 13.3. The number of benzene rings is 2. The number of hydrogen-bond donors (Lipinski definition) is 1. The quantitative estimate of drug-likeness (QED) is 0.752. The van der Waals surface area contributed by atoms with Gasteiger partial charge in [0.2, 0.25) is 4.80 Å². The highest BCUT2D eigenvalue weighted by atomic mass is 32.1. The molecule has 0 saturated carbocycles. The third kappa shape index (κ3) is 3.12. The molecule has 5 nitrogen and oxygen atoms in total. The van der Waals surface area contributed by atoms with E-state index in [0.717, 1.165) is 20.7 Å². The molecule has 0 atom stereocenters. The second kappa shape index (κ2) is 6.26. The maximum absolute atomic E-state index is 12.3. The fourth-order valence-electron chi connectivity index (χ4n) is 2.28. The Morgan fingerprint density at radius 3 is 2.70 bits per heavy atom. The Kier molecular flexibility index (Phi) is 4.16. The number of anilines is 1. The summed E-state index contributed by atoms with van der Waals surface area (Å²) < 4.78 is 3.11. The Labute approximate surface area is 138 Å². The molecule has 0 saturated heterocycles. The van der Waals surface area contributed by atoms with E-state index >= 15 is 0 Å². The Morgan fingerprint density at radius 2 is 1.96 bits per heavy atom. The summed E-state index contributed by atoms with van der Waals surface area (Å²) in [7, 11) is 5.83. The number of carbonyl (C=O) groups excluding carboxylic acids is 1. The number of aromatic nitrogens is 1. The van der Waals surface area contributed by atoms with Crippen molar-refractivity contribution in [1.29, 1.82) is 0 Å². The Bertz CT molecular complexity index is 923. The molecule has 1 N–H and O–H groups in total. The number of hydrogen-bond acceptors (Lipinski definition) is 4. The number of amides is 1. The first-order valence-electron chi connectivity index (χ1n) is 7.22. The average Bonchev–Trinajstić information content (AvgIpc) is 2.89. The van der Waals surface area contributed by atoms with Crippen molar-refractivity contribution in [3.8, 4) is 0 Å². The van der Waals surface area contributed by atoms with E-state index in [0.29, 0.717) is 5.56 Å². The van der Waals surface area contributed by atoms with Gasteiger partial charge in [0.15, 0.2) is 0 Å². The zero-order valence-corrected chi connectivity index (χ0v) is 14.1. The number of nitrogens with zero attached hydrogens (tertiary/aromatic N) is 3. The van der Waals surface area contributed by atoms with Crippen LogP contribution in [0.4, 0.5) is 5.69 Å². The second-order valence-electron chi connectivity index (χ2n) is 5.41. The van der Waals surface area contributed by atoms with E-state index in [1.165, 1.54) is 0 Å². The molecule has 1 heterocycles. The van der Waals surface area contributed by atoms with Gasteiger partial charge in [0.25, 0.3) is 5.91 Å². The fraction of sp³-hybridized carbons (Fsp3) is 0.176. The highest BCUT2D eigenvalue weighted by Crippen LogP contribution is 2.15. The number of nitrogens with one attached hydrogen (secondary N) is 1. The summed E-state index contributed by atoms with van der Waals surface area (Å²) in [6.07, 6.45) is 0. The van der Waals surface area contributed by atoms with Crippen LogP contribution >= 0.6 is 11.3 Å². The topological polar surface area (TPSA) is 49.6 Å². The molecule has 118 valence electrons. The molecule has 0 fully saturated rings. The van der Waals surface area contributed by atoms with Crippen LogP contribution in [0.2, 0.25) is 0 Å². The Hall–Kier alpha value is -2.60. The number of para-hydroxylation sites is 1. The maximum Gasteiger partial charge on any atom is 0.271 e. The summed E-state index contributed by atoms with van der Waals surface area (Å²) in [5.74, 6) is -0.217. The zero-order chi connectivity index (χ0) is 16.4. The van der Waals surface area contributed by atoms with Gasteiger partial charge in [-0.05, 0) is 30.3 Å². The van der Waals surface area contributed by atoms with Crippen LogP contribution in [0, 0.1) is 0 Å².